The van der Waals surface area contributed by atoms with Gasteiger partial charge in [-0.2, -0.15) is 5.10 Å². The van der Waals surface area contributed by atoms with Gasteiger partial charge in [-0.15, -0.1) is 0 Å². The van der Waals surface area contributed by atoms with E-state index in [-0.39, 0.29) is 12.3 Å². The summed E-state index contributed by atoms with van der Waals surface area (Å²) in [5.41, 5.74) is 6.73. The standard InChI is InChI=1S/C24H21N5O2/c1-14-9-20-21(28-31-22(20)10-15(14)2)12-23(30)26-17-11-19-16(3)27-29(24(19)25-13-17)18-7-5-4-6-8-18/h4-11,13H,12H2,1-3H3,(H,26,30). The highest BCUT2D eigenvalue weighted by Crippen LogP contribution is 2.25. The van der Waals surface area contributed by atoms with Crippen molar-refractivity contribution in [1.82, 2.24) is 19.9 Å². The Morgan fingerprint density at radius 2 is 1.81 bits per heavy atom. The van der Waals surface area contributed by atoms with Gasteiger partial charge in [-0.1, -0.05) is 23.4 Å². The zero-order valence-corrected chi connectivity index (χ0v) is 17.5. The molecular weight excluding hydrogens is 390 g/mol. The predicted molar refractivity (Wildman–Crippen MR) is 119 cm³/mol. The second kappa shape index (κ2) is 7.36. The Morgan fingerprint density at radius 1 is 1.03 bits per heavy atom. The first-order valence-corrected chi connectivity index (χ1v) is 10.1. The number of nitrogens with one attached hydrogen (secondary N) is 1. The molecule has 5 rings (SSSR count). The average Bonchev–Trinajstić information content (AvgIpc) is 3.29. The summed E-state index contributed by atoms with van der Waals surface area (Å²) >= 11 is 0. The molecule has 31 heavy (non-hydrogen) atoms. The Labute approximate surface area is 178 Å². The Balaban J connectivity index is 1.40. The molecule has 7 nitrogen and oxygen atoms in total. The lowest BCUT2D eigenvalue weighted by Gasteiger charge is -2.06. The summed E-state index contributed by atoms with van der Waals surface area (Å²) in [5, 5.41) is 13.4. The van der Waals surface area contributed by atoms with E-state index in [1.54, 1.807) is 6.20 Å². The smallest absolute Gasteiger partial charge is 0.230 e. The molecule has 0 atom stereocenters. The van der Waals surface area contributed by atoms with Gasteiger partial charge in [0.2, 0.25) is 5.91 Å². The van der Waals surface area contributed by atoms with Crippen molar-refractivity contribution < 1.29 is 9.32 Å². The number of para-hydroxylation sites is 1. The van der Waals surface area contributed by atoms with Crippen LogP contribution in [0.1, 0.15) is 22.5 Å². The quantitative estimate of drug-likeness (QED) is 0.465. The van der Waals surface area contributed by atoms with Crippen molar-refractivity contribution in [3.8, 4) is 5.69 Å². The molecule has 7 heteroatoms. The van der Waals surface area contributed by atoms with Crippen molar-refractivity contribution in [3.63, 3.8) is 0 Å². The van der Waals surface area contributed by atoms with E-state index >= 15 is 0 Å². The van der Waals surface area contributed by atoms with Crippen LogP contribution in [0.3, 0.4) is 0 Å². The molecule has 1 amide bonds. The first-order chi connectivity index (χ1) is 15.0. The highest BCUT2D eigenvalue weighted by atomic mass is 16.5. The SMILES string of the molecule is Cc1cc2onc(CC(=O)Nc3cnc4c(c3)c(C)nn4-c3ccccc3)c2cc1C. The molecule has 1 N–H and O–H groups in total. The molecular formula is C24H21N5O2. The minimum absolute atomic E-state index is 0.121. The van der Waals surface area contributed by atoms with E-state index in [1.165, 1.54) is 0 Å². The molecule has 5 aromatic rings. The monoisotopic (exact) mass is 411 g/mol. The lowest BCUT2D eigenvalue weighted by molar-refractivity contribution is -0.115. The Morgan fingerprint density at radius 3 is 2.61 bits per heavy atom. The fraction of sp³-hybridized carbons (Fsp3) is 0.167. The molecule has 3 aromatic heterocycles. The highest BCUT2D eigenvalue weighted by molar-refractivity contribution is 5.96. The average molecular weight is 411 g/mol. The van der Waals surface area contributed by atoms with Crippen molar-refractivity contribution >= 4 is 33.6 Å². The normalized spacial score (nSPS) is 11.3. The van der Waals surface area contributed by atoms with E-state index in [4.69, 9.17) is 4.52 Å². The van der Waals surface area contributed by atoms with Crippen molar-refractivity contribution in [1.29, 1.82) is 0 Å². The second-order valence-electron chi connectivity index (χ2n) is 7.71. The minimum atomic E-state index is -0.178. The number of hydrogen-bond donors (Lipinski definition) is 1. The molecule has 0 saturated carbocycles. The van der Waals surface area contributed by atoms with Crippen LogP contribution >= 0.6 is 0 Å². The summed E-state index contributed by atoms with van der Waals surface area (Å²) in [4.78, 5) is 17.2. The van der Waals surface area contributed by atoms with E-state index in [0.29, 0.717) is 17.0 Å². The number of carbonyl (C=O) groups is 1. The highest BCUT2D eigenvalue weighted by Gasteiger charge is 2.15. The van der Waals surface area contributed by atoms with Gasteiger partial charge in [-0.25, -0.2) is 9.67 Å². The van der Waals surface area contributed by atoms with Crippen molar-refractivity contribution in [2.45, 2.75) is 27.2 Å². The minimum Gasteiger partial charge on any atom is -0.356 e. The van der Waals surface area contributed by atoms with Crippen LogP contribution in [-0.4, -0.2) is 25.8 Å². The molecule has 2 aromatic carbocycles. The number of fused-ring (bicyclic) bond motifs is 2. The van der Waals surface area contributed by atoms with Gasteiger partial charge in [0, 0.05) is 10.8 Å². The van der Waals surface area contributed by atoms with Gasteiger partial charge < -0.3 is 9.84 Å². The molecule has 0 aliphatic heterocycles. The zero-order chi connectivity index (χ0) is 21.5. The molecule has 0 spiro atoms. The van der Waals surface area contributed by atoms with Crippen LogP contribution in [0.2, 0.25) is 0 Å². The van der Waals surface area contributed by atoms with E-state index in [0.717, 1.165) is 38.9 Å². The summed E-state index contributed by atoms with van der Waals surface area (Å²) in [7, 11) is 0. The van der Waals surface area contributed by atoms with E-state index in [1.807, 2.05) is 74.0 Å². The van der Waals surface area contributed by atoms with E-state index in [2.05, 4.69) is 20.6 Å². The van der Waals surface area contributed by atoms with Crippen LogP contribution in [0.25, 0.3) is 27.7 Å². The van der Waals surface area contributed by atoms with Crippen molar-refractivity contribution in [2.24, 2.45) is 0 Å². The number of aryl methyl sites for hydroxylation is 3. The fourth-order valence-electron chi connectivity index (χ4n) is 3.69. The summed E-state index contributed by atoms with van der Waals surface area (Å²) in [6, 6.07) is 15.7. The number of benzene rings is 2. The Hall–Kier alpha value is -4.00. The van der Waals surface area contributed by atoms with Crippen LogP contribution in [0.15, 0.2) is 59.3 Å². The van der Waals surface area contributed by atoms with Crippen LogP contribution in [0, 0.1) is 20.8 Å². The third-order valence-electron chi connectivity index (χ3n) is 5.48. The molecule has 0 unspecified atom stereocenters. The van der Waals surface area contributed by atoms with Gasteiger partial charge >= 0.3 is 0 Å². The largest absolute Gasteiger partial charge is 0.356 e. The number of anilines is 1. The zero-order valence-electron chi connectivity index (χ0n) is 17.5. The van der Waals surface area contributed by atoms with E-state index < -0.39 is 0 Å². The van der Waals surface area contributed by atoms with Crippen LogP contribution in [0.4, 0.5) is 5.69 Å². The van der Waals surface area contributed by atoms with E-state index in [9.17, 15) is 4.79 Å². The molecule has 3 heterocycles. The first-order valence-electron chi connectivity index (χ1n) is 10.1. The maximum Gasteiger partial charge on any atom is 0.230 e. The topological polar surface area (TPSA) is 85.8 Å². The molecule has 0 bridgehead atoms. The summed E-state index contributed by atoms with van der Waals surface area (Å²) in [5.74, 6) is -0.178. The second-order valence-corrected chi connectivity index (χ2v) is 7.71. The van der Waals surface area contributed by atoms with Crippen LogP contribution in [-0.2, 0) is 11.2 Å². The molecule has 0 fully saturated rings. The number of hydrogen-bond acceptors (Lipinski definition) is 5. The predicted octanol–water partition coefficient (Wildman–Crippen LogP) is 4.67. The Bertz CT molecular complexity index is 1430. The summed E-state index contributed by atoms with van der Waals surface area (Å²) < 4.78 is 7.21. The molecule has 154 valence electrons. The van der Waals surface area contributed by atoms with Crippen molar-refractivity contribution in [3.05, 3.63) is 77.2 Å². The molecule has 0 aliphatic rings. The van der Waals surface area contributed by atoms with Gasteiger partial charge in [-0.3, -0.25) is 4.79 Å². The van der Waals surface area contributed by atoms with Gasteiger partial charge in [0.05, 0.1) is 29.7 Å². The van der Waals surface area contributed by atoms with Crippen molar-refractivity contribution in [2.75, 3.05) is 5.32 Å². The number of amides is 1. The third kappa shape index (κ3) is 3.44. The number of carbonyl (C=O) groups excluding carboxylic acids is 1. The number of rotatable bonds is 4. The lowest BCUT2D eigenvalue weighted by Crippen LogP contribution is -2.15. The third-order valence-corrected chi connectivity index (χ3v) is 5.48. The Kier molecular flexibility index (Phi) is 4.51. The summed E-state index contributed by atoms with van der Waals surface area (Å²) in [6.07, 6.45) is 1.77. The molecule has 0 aliphatic carbocycles. The maximum absolute atomic E-state index is 12.7. The number of pyridine rings is 1. The van der Waals surface area contributed by atoms with Crippen LogP contribution < -0.4 is 5.32 Å². The number of nitrogens with zero attached hydrogens (tertiary/aromatic N) is 4. The lowest BCUT2D eigenvalue weighted by atomic mass is 10.1. The van der Waals surface area contributed by atoms with Gasteiger partial charge in [0.15, 0.2) is 11.2 Å². The maximum atomic E-state index is 12.7. The fourth-order valence-corrected chi connectivity index (χ4v) is 3.69. The number of aromatic nitrogens is 4. The van der Waals surface area contributed by atoms with Gasteiger partial charge in [0.1, 0.15) is 5.69 Å². The summed E-state index contributed by atoms with van der Waals surface area (Å²) in [6.45, 7) is 5.99. The van der Waals surface area contributed by atoms with Gasteiger partial charge in [0.25, 0.3) is 0 Å². The van der Waals surface area contributed by atoms with Gasteiger partial charge in [-0.05, 0) is 62.2 Å². The first kappa shape index (κ1) is 19.0. The molecule has 0 radical (unpaired) electrons. The molecule has 0 saturated heterocycles. The van der Waals surface area contributed by atoms with Crippen LogP contribution in [0.5, 0.6) is 0 Å².